The molecule has 0 aliphatic rings. The lowest BCUT2D eigenvalue weighted by atomic mass is 10.1. The van der Waals surface area contributed by atoms with Crippen LogP contribution in [0.15, 0.2) is 18.2 Å². The fourth-order valence-corrected chi connectivity index (χ4v) is 1.18. The van der Waals surface area contributed by atoms with Crippen molar-refractivity contribution in [1.82, 2.24) is 0 Å². The van der Waals surface area contributed by atoms with Crippen LogP contribution in [-0.4, -0.2) is 10.2 Å². The maximum absolute atomic E-state index is 9.39. The van der Waals surface area contributed by atoms with Crippen molar-refractivity contribution in [3.05, 3.63) is 28.8 Å². The minimum absolute atomic E-state index is 0.0616. The predicted octanol–water partition coefficient (Wildman–Crippen LogP) is 1.99. The minimum Gasteiger partial charge on any atom is -0.506 e. The van der Waals surface area contributed by atoms with Gasteiger partial charge in [-0.05, 0) is 6.07 Å². The fraction of sp³-hybridized carbons (Fsp3) is 0.222. The fourth-order valence-electron chi connectivity index (χ4n) is 0.997. The number of aliphatic hydroxyl groups excluding tert-OH is 1. The lowest BCUT2D eigenvalue weighted by Crippen LogP contribution is -1.96. The molecule has 68 valence electrons. The normalized spacial score (nSPS) is 12.1. The first-order valence-corrected chi connectivity index (χ1v) is 4.07. The van der Waals surface area contributed by atoms with Gasteiger partial charge in [-0.1, -0.05) is 23.7 Å². The Morgan fingerprint density at radius 2 is 2.23 bits per heavy atom. The van der Waals surface area contributed by atoms with Crippen LogP contribution in [0.1, 0.15) is 18.1 Å². The molecule has 1 aromatic rings. The molecule has 0 amide bonds. The number of rotatable bonds is 2. The highest BCUT2D eigenvalue weighted by Crippen LogP contribution is 2.32. The quantitative estimate of drug-likeness (QED) is 0.762. The highest BCUT2D eigenvalue weighted by Gasteiger charge is 2.13. The van der Waals surface area contributed by atoms with Gasteiger partial charge in [-0.3, -0.25) is 0 Å². The molecule has 0 saturated heterocycles. The Balaban J connectivity index is 3.02. The van der Waals surface area contributed by atoms with Gasteiger partial charge in [0.2, 0.25) is 0 Å². The van der Waals surface area contributed by atoms with E-state index in [2.05, 4.69) is 0 Å². The molecule has 0 saturated carbocycles. The number of hydrogen-bond donors (Lipinski definition) is 2. The van der Waals surface area contributed by atoms with Crippen LogP contribution in [0, 0.1) is 11.3 Å². The first-order valence-electron chi connectivity index (χ1n) is 3.69. The van der Waals surface area contributed by atoms with E-state index in [9.17, 15) is 10.2 Å². The number of nitrogens with zero attached hydrogens (tertiary/aromatic N) is 1. The molecular weight excluding hydrogens is 190 g/mol. The summed E-state index contributed by atoms with van der Waals surface area (Å²) in [6.45, 7) is 0. The summed E-state index contributed by atoms with van der Waals surface area (Å²) in [4.78, 5) is 0. The third-order valence-electron chi connectivity index (χ3n) is 1.66. The Bertz CT molecular complexity index is 346. The molecule has 1 rings (SSSR count). The number of phenols is 1. The number of hydrogen-bond acceptors (Lipinski definition) is 3. The maximum Gasteiger partial charge on any atom is 0.139 e. The third-order valence-corrected chi connectivity index (χ3v) is 1.97. The van der Waals surface area contributed by atoms with Gasteiger partial charge in [0, 0.05) is 5.56 Å². The summed E-state index contributed by atoms with van der Waals surface area (Å²) in [5.74, 6) is -0.160. The molecule has 3 nitrogen and oxygen atoms in total. The molecule has 2 N–H and O–H groups in total. The van der Waals surface area contributed by atoms with Crippen molar-refractivity contribution in [1.29, 1.82) is 5.26 Å². The van der Waals surface area contributed by atoms with Gasteiger partial charge in [0.1, 0.15) is 5.75 Å². The van der Waals surface area contributed by atoms with E-state index >= 15 is 0 Å². The van der Waals surface area contributed by atoms with Crippen molar-refractivity contribution in [2.45, 2.75) is 12.5 Å². The van der Waals surface area contributed by atoms with Crippen LogP contribution in [0.3, 0.4) is 0 Å². The number of halogens is 1. The summed E-state index contributed by atoms with van der Waals surface area (Å²) in [5.41, 5.74) is 0.286. The van der Waals surface area contributed by atoms with Crippen molar-refractivity contribution in [3.8, 4) is 11.8 Å². The zero-order chi connectivity index (χ0) is 9.84. The van der Waals surface area contributed by atoms with E-state index in [1.54, 1.807) is 6.07 Å². The number of aromatic hydroxyl groups is 1. The maximum atomic E-state index is 9.39. The molecule has 4 heteroatoms. The van der Waals surface area contributed by atoms with Crippen LogP contribution in [0.5, 0.6) is 5.75 Å². The molecule has 0 fully saturated rings. The first-order chi connectivity index (χ1) is 6.16. The molecule has 1 unspecified atom stereocenters. The van der Waals surface area contributed by atoms with Crippen LogP contribution in [0.2, 0.25) is 5.02 Å². The zero-order valence-corrected chi connectivity index (χ0v) is 7.49. The average molecular weight is 198 g/mol. The Kier molecular flexibility index (Phi) is 3.13. The van der Waals surface area contributed by atoms with E-state index in [1.807, 2.05) is 6.07 Å². The van der Waals surface area contributed by atoms with Gasteiger partial charge in [-0.2, -0.15) is 5.26 Å². The van der Waals surface area contributed by atoms with Crippen molar-refractivity contribution in [2.75, 3.05) is 0 Å². The van der Waals surface area contributed by atoms with Crippen molar-refractivity contribution < 1.29 is 10.2 Å². The molecule has 0 bridgehead atoms. The summed E-state index contributed by atoms with van der Waals surface area (Å²) in [5, 5.41) is 27.3. The van der Waals surface area contributed by atoms with Gasteiger partial charge in [-0.15, -0.1) is 0 Å². The second-order valence-corrected chi connectivity index (χ2v) is 2.96. The van der Waals surface area contributed by atoms with Crippen LogP contribution >= 0.6 is 11.6 Å². The summed E-state index contributed by atoms with van der Waals surface area (Å²) in [6, 6.07) is 6.46. The summed E-state index contributed by atoms with van der Waals surface area (Å²) in [7, 11) is 0. The molecule has 1 aromatic carbocycles. The molecule has 0 aromatic heterocycles. The Labute approximate surface area is 80.8 Å². The third kappa shape index (κ3) is 2.11. The van der Waals surface area contributed by atoms with Gasteiger partial charge >= 0.3 is 0 Å². The van der Waals surface area contributed by atoms with Crippen LogP contribution < -0.4 is 0 Å². The van der Waals surface area contributed by atoms with Gasteiger partial charge in [0.05, 0.1) is 23.6 Å². The predicted molar refractivity (Wildman–Crippen MR) is 48.3 cm³/mol. The summed E-state index contributed by atoms with van der Waals surface area (Å²) in [6.07, 6.45) is -1.04. The van der Waals surface area contributed by atoms with E-state index in [0.29, 0.717) is 0 Å². The first kappa shape index (κ1) is 9.85. The van der Waals surface area contributed by atoms with Gasteiger partial charge in [0.25, 0.3) is 0 Å². The van der Waals surface area contributed by atoms with E-state index in [0.717, 1.165) is 0 Å². The highest BCUT2D eigenvalue weighted by atomic mass is 35.5. The molecular formula is C9H8ClNO2. The second-order valence-electron chi connectivity index (χ2n) is 2.56. The van der Waals surface area contributed by atoms with E-state index in [4.69, 9.17) is 16.9 Å². The lowest BCUT2D eigenvalue weighted by molar-refractivity contribution is 0.179. The molecule has 0 radical (unpaired) electrons. The number of nitriles is 1. The SMILES string of the molecule is N#CCC(O)c1cccc(Cl)c1O. The number of para-hydroxylation sites is 1. The lowest BCUT2D eigenvalue weighted by Gasteiger charge is -2.09. The smallest absolute Gasteiger partial charge is 0.139 e. The van der Waals surface area contributed by atoms with Crippen LogP contribution in [0.25, 0.3) is 0 Å². The van der Waals surface area contributed by atoms with Gasteiger partial charge in [-0.25, -0.2) is 0 Å². The largest absolute Gasteiger partial charge is 0.506 e. The zero-order valence-electron chi connectivity index (χ0n) is 6.74. The Morgan fingerprint density at radius 1 is 1.54 bits per heavy atom. The van der Waals surface area contributed by atoms with Crippen molar-refractivity contribution in [2.24, 2.45) is 0 Å². The molecule has 0 heterocycles. The number of aliphatic hydroxyl groups is 1. The molecule has 13 heavy (non-hydrogen) atoms. The Hall–Kier alpha value is -1.24. The standard InChI is InChI=1S/C9H8ClNO2/c10-7-3-1-2-6(9(7)13)8(12)4-5-11/h1-3,8,12-13H,4H2. The molecule has 0 aliphatic heterocycles. The second kappa shape index (κ2) is 4.13. The Morgan fingerprint density at radius 3 is 2.85 bits per heavy atom. The molecule has 0 aliphatic carbocycles. The summed E-state index contributed by atoms with van der Waals surface area (Å²) < 4.78 is 0. The number of phenolic OH excluding ortho intramolecular Hbond substituents is 1. The van der Waals surface area contributed by atoms with E-state index < -0.39 is 6.10 Å². The highest BCUT2D eigenvalue weighted by molar-refractivity contribution is 6.32. The van der Waals surface area contributed by atoms with Gasteiger partial charge < -0.3 is 10.2 Å². The van der Waals surface area contributed by atoms with Gasteiger partial charge in [0.15, 0.2) is 0 Å². The monoisotopic (exact) mass is 197 g/mol. The van der Waals surface area contributed by atoms with E-state index in [1.165, 1.54) is 12.1 Å². The topological polar surface area (TPSA) is 64.2 Å². The summed E-state index contributed by atoms with van der Waals surface area (Å²) >= 11 is 5.61. The van der Waals surface area contributed by atoms with Crippen molar-refractivity contribution in [3.63, 3.8) is 0 Å². The van der Waals surface area contributed by atoms with E-state index in [-0.39, 0.29) is 22.8 Å². The van der Waals surface area contributed by atoms with Crippen molar-refractivity contribution >= 4 is 11.6 Å². The average Bonchev–Trinajstić information content (AvgIpc) is 2.10. The minimum atomic E-state index is -0.983. The van der Waals surface area contributed by atoms with Crippen LogP contribution in [0.4, 0.5) is 0 Å². The molecule has 1 atom stereocenters. The number of benzene rings is 1. The van der Waals surface area contributed by atoms with Crippen LogP contribution in [-0.2, 0) is 0 Å². The molecule has 0 spiro atoms.